The number of carboxylic acids is 1. The average Bonchev–Trinajstić information content (AvgIpc) is 2.87. The van der Waals surface area contributed by atoms with E-state index >= 15 is 0 Å². The molecule has 0 radical (unpaired) electrons. The molecule has 1 aromatic heterocycles. The highest BCUT2D eigenvalue weighted by Crippen LogP contribution is 2.36. The molecule has 0 unspecified atom stereocenters. The number of carboxylic acid groups (broad SMARTS) is 1. The fourth-order valence-electron chi connectivity index (χ4n) is 1.59. The van der Waals surface area contributed by atoms with E-state index in [0.717, 1.165) is 0 Å². The number of rotatable bonds is 4. The Morgan fingerprint density at radius 1 is 1.53 bits per heavy atom. The summed E-state index contributed by atoms with van der Waals surface area (Å²) in [6, 6.07) is 4.24. The van der Waals surface area contributed by atoms with Crippen LogP contribution in [-0.2, 0) is 0 Å². The molecular weight excluding hydrogens is 273 g/mol. The van der Waals surface area contributed by atoms with Gasteiger partial charge in [0.05, 0.1) is 12.0 Å². The summed E-state index contributed by atoms with van der Waals surface area (Å²) in [6.45, 7) is 0. The number of hydrogen-bond donors (Lipinski definition) is 1. The molecule has 0 atom stereocenters. The molecule has 0 aliphatic rings. The van der Waals surface area contributed by atoms with Crippen LogP contribution in [0.5, 0.6) is 5.75 Å². The predicted octanol–water partition coefficient (Wildman–Crippen LogP) is 2.91. The van der Waals surface area contributed by atoms with Gasteiger partial charge in [0, 0.05) is 11.6 Å². The second kappa shape index (κ2) is 5.31. The minimum Gasteiger partial charge on any atom is -0.495 e. The lowest BCUT2D eigenvalue weighted by Crippen LogP contribution is -1.93. The highest BCUT2D eigenvalue weighted by atomic mass is 32.2. The van der Waals surface area contributed by atoms with E-state index in [1.165, 1.54) is 31.0 Å². The Hall–Kier alpha value is -2.02. The standard InChI is InChI=1S/C12H10FNO4S/c1-17-8-4-3-6(10(13)11(8)19-2)7-5-9(12(15)16)18-14-7/h3-5H,1-2H3,(H,15,16). The molecule has 0 amide bonds. The molecule has 7 heteroatoms. The van der Waals surface area contributed by atoms with Crippen molar-refractivity contribution in [3.05, 3.63) is 29.8 Å². The molecule has 0 saturated heterocycles. The van der Waals surface area contributed by atoms with E-state index in [1.54, 1.807) is 12.3 Å². The Morgan fingerprint density at radius 3 is 2.79 bits per heavy atom. The van der Waals surface area contributed by atoms with Crippen LogP contribution in [0.4, 0.5) is 4.39 Å². The molecule has 100 valence electrons. The predicted molar refractivity (Wildman–Crippen MR) is 67.2 cm³/mol. The third-order valence-corrected chi connectivity index (χ3v) is 3.27. The maximum Gasteiger partial charge on any atom is 0.374 e. The van der Waals surface area contributed by atoms with Crippen LogP contribution in [0, 0.1) is 5.82 Å². The van der Waals surface area contributed by atoms with Gasteiger partial charge in [0.15, 0.2) is 0 Å². The number of methoxy groups -OCH3 is 1. The largest absolute Gasteiger partial charge is 0.495 e. The lowest BCUT2D eigenvalue weighted by Gasteiger charge is -2.09. The maximum atomic E-state index is 14.3. The van der Waals surface area contributed by atoms with Gasteiger partial charge in [-0.1, -0.05) is 5.16 Å². The van der Waals surface area contributed by atoms with Crippen molar-refractivity contribution in [3.63, 3.8) is 0 Å². The van der Waals surface area contributed by atoms with Gasteiger partial charge in [-0.05, 0) is 18.4 Å². The summed E-state index contributed by atoms with van der Waals surface area (Å²) in [7, 11) is 1.45. The number of hydrogen-bond acceptors (Lipinski definition) is 5. The average molecular weight is 283 g/mol. The van der Waals surface area contributed by atoms with Crippen LogP contribution >= 0.6 is 11.8 Å². The Kier molecular flexibility index (Phi) is 3.75. The molecule has 0 aliphatic carbocycles. The highest BCUT2D eigenvalue weighted by Gasteiger charge is 2.19. The quantitative estimate of drug-likeness (QED) is 0.870. The van der Waals surface area contributed by atoms with Crippen LogP contribution < -0.4 is 4.74 Å². The summed E-state index contributed by atoms with van der Waals surface area (Å²) < 4.78 is 24.0. The number of thioether (sulfide) groups is 1. The normalized spacial score (nSPS) is 10.5. The molecule has 5 nitrogen and oxygen atoms in total. The van der Waals surface area contributed by atoms with E-state index in [2.05, 4.69) is 9.68 Å². The zero-order chi connectivity index (χ0) is 14.0. The molecule has 19 heavy (non-hydrogen) atoms. The van der Waals surface area contributed by atoms with E-state index in [0.29, 0.717) is 10.6 Å². The molecule has 0 fully saturated rings. The summed E-state index contributed by atoms with van der Waals surface area (Å²) >= 11 is 1.19. The van der Waals surface area contributed by atoms with Crippen molar-refractivity contribution >= 4 is 17.7 Å². The van der Waals surface area contributed by atoms with E-state index in [9.17, 15) is 9.18 Å². The number of halogens is 1. The van der Waals surface area contributed by atoms with Gasteiger partial charge in [-0.25, -0.2) is 9.18 Å². The number of nitrogens with zero attached hydrogens (tertiary/aromatic N) is 1. The first-order valence-electron chi connectivity index (χ1n) is 5.19. The maximum absolute atomic E-state index is 14.3. The van der Waals surface area contributed by atoms with Crippen LogP contribution in [0.1, 0.15) is 10.6 Å². The fraction of sp³-hybridized carbons (Fsp3) is 0.167. The van der Waals surface area contributed by atoms with Crippen molar-refractivity contribution in [2.75, 3.05) is 13.4 Å². The Labute approximate surface area is 112 Å². The minimum atomic E-state index is -1.25. The molecule has 2 rings (SSSR count). The Bertz CT molecular complexity index is 626. The molecule has 0 bridgehead atoms. The summed E-state index contributed by atoms with van der Waals surface area (Å²) in [6.07, 6.45) is 1.72. The second-order valence-corrected chi connectivity index (χ2v) is 4.36. The molecular formula is C12H10FNO4S. The van der Waals surface area contributed by atoms with Gasteiger partial charge in [-0.15, -0.1) is 11.8 Å². The van der Waals surface area contributed by atoms with Gasteiger partial charge in [0.25, 0.3) is 0 Å². The number of aromatic carboxylic acids is 1. The van der Waals surface area contributed by atoms with Crippen molar-refractivity contribution in [1.82, 2.24) is 5.16 Å². The third-order valence-electron chi connectivity index (χ3n) is 2.48. The summed E-state index contributed by atoms with van der Waals surface area (Å²) in [5.74, 6) is -1.69. The second-order valence-electron chi connectivity index (χ2n) is 3.54. The van der Waals surface area contributed by atoms with Crippen molar-refractivity contribution in [3.8, 4) is 17.0 Å². The zero-order valence-corrected chi connectivity index (χ0v) is 11.0. The number of aromatic nitrogens is 1. The highest BCUT2D eigenvalue weighted by molar-refractivity contribution is 7.98. The van der Waals surface area contributed by atoms with Gasteiger partial charge in [-0.2, -0.15) is 0 Å². The van der Waals surface area contributed by atoms with Crippen LogP contribution in [0.3, 0.4) is 0 Å². The lowest BCUT2D eigenvalue weighted by molar-refractivity contribution is 0.0652. The first-order chi connectivity index (χ1) is 9.08. The van der Waals surface area contributed by atoms with Gasteiger partial charge in [0.2, 0.25) is 5.76 Å². The lowest BCUT2D eigenvalue weighted by atomic mass is 10.1. The Balaban J connectivity index is 2.53. The van der Waals surface area contributed by atoms with Crippen LogP contribution in [0.2, 0.25) is 0 Å². The number of ether oxygens (including phenoxy) is 1. The van der Waals surface area contributed by atoms with E-state index in [1.807, 2.05) is 0 Å². The van der Waals surface area contributed by atoms with Gasteiger partial charge in [-0.3, -0.25) is 0 Å². The van der Waals surface area contributed by atoms with Crippen molar-refractivity contribution in [2.45, 2.75) is 4.90 Å². The van der Waals surface area contributed by atoms with Gasteiger partial charge >= 0.3 is 5.97 Å². The molecule has 1 aromatic carbocycles. The minimum absolute atomic E-state index is 0.132. The summed E-state index contributed by atoms with van der Waals surface area (Å²) in [5.41, 5.74) is 0.300. The molecule has 0 saturated carbocycles. The first-order valence-corrected chi connectivity index (χ1v) is 6.41. The van der Waals surface area contributed by atoms with Crippen LogP contribution in [0.25, 0.3) is 11.3 Å². The summed E-state index contributed by atoms with van der Waals surface area (Å²) in [4.78, 5) is 11.0. The molecule has 1 N–H and O–H groups in total. The van der Waals surface area contributed by atoms with E-state index in [-0.39, 0.29) is 17.0 Å². The molecule has 1 heterocycles. The first kappa shape index (κ1) is 13.4. The zero-order valence-electron chi connectivity index (χ0n) is 10.1. The van der Waals surface area contributed by atoms with Crippen molar-refractivity contribution < 1.29 is 23.6 Å². The topological polar surface area (TPSA) is 72.6 Å². The van der Waals surface area contributed by atoms with Crippen LogP contribution in [-0.4, -0.2) is 29.6 Å². The number of carbonyl (C=O) groups is 1. The third kappa shape index (κ3) is 2.41. The Morgan fingerprint density at radius 2 is 2.26 bits per heavy atom. The van der Waals surface area contributed by atoms with Crippen molar-refractivity contribution in [2.24, 2.45) is 0 Å². The molecule has 0 aliphatic heterocycles. The fourth-order valence-corrected chi connectivity index (χ4v) is 2.23. The smallest absolute Gasteiger partial charge is 0.374 e. The number of benzene rings is 1. The van der Waals surface area contributed by atoms with Crippen molar-refractivity contribution in [1.29, 1.82) is 0 Å². The summed E-state index contributed by atoms with van der Waals surface area (Å²) in [5, 5.41) is 12.3. The monoisotopic (exact) mass is 283 g/mol. The SMILES string of the molecule is COc1ccc(-c2cc(C(=O)O)on2)c(F)c1SC. The van der Waals surface area contributed by atoms with E-state index in [4.69, 9.17) is 9.84 Å². The van der Waals surface area contributed by atoms with Crippen LogP contribution in [0.15, 0.2) is 27.6 Å². The van der Waals surface area contributed by atoms with Gasteiger partial charge < -0.3 is 14.4 Å². The van der Waals surface area contributed by atoms with Gasteiger partial charge in [0.1, 0.15) is 17.3 Å². The molecule has 2 aromatic rings. The molecule has 0 spiro atoms. The van der Waals surface area contributed by atoms with E-state index < -0.39 is 11.8 Å².